The van der Waals surface area contributed by atoms with Crippen LogP contribution in [0.15, 0.2) is 43.0 Å². The SMILES string of the molecule is Cc1nn(-c2ccccc2)c(-n2cncn2)c1CCN. The zero-order chi connectivity index (χ0) is 13.9. The zero-order valence-electron chi connectivity index (χ0n) is 11.3. The summed E-state index contributed by atoms with van der Waals surface area (Å²) < 4.78 is 3.62. The van der Waals surface area contributed by atoms with Crippen LogP contribution < -0.4 is 5.73 Å². The molecular formula is C14H16N6. The highest BCUT2D eigenvalue weighted by molar-refractivity contribution is 5.45. The van der Waals surface area contributed by atoms with Crippen LogP contribution >= 0.6 is 0 Å². The molecule has 0 spiro atoms. The molecule has 0 amide bonds. The Morgan fingerprint density at radius 1 is 1.20 bits per heavy atom. The van der Waals surface area contributed by atoms with Crippen LogP contribution in [0.5, 0.6) is 0 Å². The largest absolute Gasteiger partial charge is 0.330 e. The second-order valence-corrected chi connectivity index (χ2v) is 4.51. The molecule has 6 nitrogen and oxygen atoms in total. The Bertz CT molecular complexity index is 684. The number of hydrogen-bond donors (Lipinski definition) is 1. The van der Waals surface area contributed by atoms with E-state index in [9.17, 15) is 0 Å². The van der Waals surface area contributed by atoms with Gasteiger partial charge in [0.05, 0.1) is 11.4 Å². The molecule has 0 saturated heterocycles. The number of aromatic nitrogens is 5. The number of rotatable bonds is 4. The fourth-order valence-electron chi connectivity index (χ4n) is 2.29. The van der Waals surface area contributed by atoms with Crippen LogP contribution in [-0.2, 0) is 6.42 Å². The van der Waals surface area contributed by atoms with Gasteiger partial charge in [-0.3, -0.25) is 0 Å². The van der Waals surface area contributed by atoms with Crippen molar-refractivity contribution in [2.45, 2.75) is 13.3 Å². The third-order valence-electron chi connectivity index (χ3n) is 3.19. The number of nitrogens with zero attached hydrogens (tertiary/aromatic N) is 5. The van der Waals surface area contributed by atoms with E-state index in [1.165, 1.54) is 6.33 Å². The maximum absolute atomic E-state index is 5.72. The van der Waals surface area contributed by atoms with Gasteiger partial charge < -0.3 is 5.73 Å². The topological polar surface area (TPSA) is 74.5 Å². The standard InChI is InChI=1S/C14H16N6/c1-11-13(7-8-15)14(19-10-16-9-17-19)20(18-11)12-5-3-2-4-6-12/h2-6,9-10H,7-8,15H2,1H3. The minimum atomic E-state index is 0.572. The predicted octanol–water partition coefficient (Wildman–Crippen LogP) is 1.26. The van der Waals surface area contributed by atoms with Crippen molar-refractivity contribution < 1.29 is 0 Å². The number of benzene rings is 1. The van der Waals surface area contributed by atoms with Crippen LogP contribution in [0.25, 0.3) is 11.5 Å². The Morgan fingerprint density at radius 3 is 2.65 bits per heavy atom. The fourth-order valence-corrected chi connectivity index (χ4v) is 2.29. The summed E-state index contributed by atoms with van der Waals surface area (Å²) in [6, 6.07) is 9.98. The Balaban J connectivity index is 2.22. The van der Waals surface area contributed by atoms with Crippen LogP contribution in [0.2, 0.25) is 0 Å². The Labute approximate surface area is 116 Å². The van der Waals surface area contributed by atoms with Crippen LogP contribution in [0, 0.1) is 6.92 Å². The van der Waals surface area contributed by atoms with E-state index in [0.29, 0.717) is 6.54 Å². The van der Waals surface area contributed by atoms with Gasteiger partial charge >= 0.3 is 0 Å². The first-order chi connectivity index (χ1) is 9.81. The van der Waals surface area contributed by atoms with Crippen molar-refractivity contribution >= 4 is 0 Å². The molecular weight excluding hydrogens is 252 g/mol. The van der Waals surface area contributed by atoms with Gasteiger partial charge in [0.2, 0.25) is 0 Å². The van der Waals surface area contributed by atoms with E-state index in [-0.39, 0.29) is 0 Å². The summed E-state index contributed by atoms with van der Waals surface area (Å²) in [5.41, 5.74) is 8.77. The monoisotopic (exact) mass is 268 g/mol. The van der Waals surface area contributed by atoms with Gasteiger partial charge in [0.1, 0.15) is 12.7 Å². The summed E-state index contributed by atoms with van der Waals surface area (Å²) in [5.74, 6) is 0.900. The van der Waals surface area contributed by atoms with Crippen molar-refractivity contribution in [1.82, 2.24) is 24.5 Å². The van der Waals surface area contributed by atoms with Crippen LogP contribution in [-0.4, -0.2) is 31.1 Å². The molecule has 3 aromatic rings. The van der Waals surface area contributed by atoms with E-state index in [1.807, 2.05) is 41.9 Å². The zero-order valence-corrected chi connectivity index (χ0v) is 11.3. The summed E-state index contributed by atoms with van der Waals surface area (Å²) >= 11 is 0. The lowest BCUT2D eigenvalue weighted by Crippen LogP contribution is -2.10. The van der Waals surface area contributed by atoms with E-state index in [0.717, 1.165) is 29.2 Å². The van der Waals surface area contributed by atoms with E-state index in [2.05, 4.69) is 15.2 Å². The molecule has 102 valence electrons. The Hall–Kier alpha value is -2.47. The summed E-state index contributed by atoms with van der Waals surface area (Å²) in [4.78, 5) is 4.02. The maximum Gasteiger partial charge on any atom is 0.162 e. The highest BCUT2D eigenvalue weighted by atomic mass is 15.4. The molecule has 0 atom stereocenters. The minimum absolute atomic E-state index is 0.572. The average molecular weight is 268 g/mol. The van der Waals surface area contributed by atoms with E-state index >= 15 is 0 Å². The summed E-state index contributed by atoms with van der Waals surface area (Å²) in [7, 11) is 0. The van der Waals surface area contributed by atoms with Gasteiger partial charge in [0.15, 0.2) is 5.82 Å². The van der Waals surface area contributed by atoms with Gasteiger partial charge in [0.25, 0.3) is 0 Å². The fraction of sp³-hybridized carbons (Fsp3) is 0.214. The molecule has 0 bridgehead atoms. The number of para-hydroxylation sites is 1. The first kappa shape index (κ1) is 12.6. The van der Waals surface area contributed by atoms with Gasteiger partial charge in [-0.25, -0.2) is 14.3 Å². The quantitative estimate of drug-likeness (QED) is 0.773. The maximum atomic E-state index is 5.72. The van der Waals surface area contributed by atoms with Gasteiger partial charge in [-0.1, -0.05) is 18.2 Å². The molecule has 20 heavy (non-hydrogen) atoms. The molecule has 3 rings (SSSR count). The number of hydrogen-bond acceptors (Lipinski definition) is 4. The summed E-state index contributed by atoms with van der Waals surface area (Å²) in [6.45, 7) is 2.56. The van der Waals surface area contributed by atoms with Crippen molar-refractivity contribution in [2.24, 2.45) is 5.73 Å². The molecule has 2 heterocycles. The third kappa shape index (κ3) is 2.10. The highest BCUT2D eigenvalue weighted by Crippen LogP contribution is 2.22. The Morgan fingerprint density at radius 2 is 2.00 bits per heavy atom. The lowest BCUT2D eigenvalue weighted by atomic mass is 10.2. The molecule has 1 aromatic carbocycles. The van der Waals surface area contributed by atoms with Crippen molar-refractivity contribution in [3.05, 3.63) is 54.2 Å². The summed E-state index contributed by atoms with van der Waals surface area (Å²) in [6.07, 6.45) is 3.95. The molecule has 0 radical (unpaired) electrons. The smallest absolute Gasteiger partial charge is 0.162 e. The molecule has 0 saturated carbocycles. The molecule has 0 fully saturated rings. The van der Waals surface area contributed by atoms with Crippen LogP contribution in [0.1, 0.15) is 11.3 Å². The normalized spacial score (nSPS) is 10.9. The van der Waals surface area contributed by atoms with Gasteiger partial charge in [-0.2, -0.15) is 10.2 Å². The average Bonchev–Trinajstić information content (AvgIpc) is 3.09. The first-order valence-corrected chi connectivity index (χ1v) is 6.50. The third-order valence-corrected chi connectivity index (χ3v) is 3.19. The van der Waals surface area contributed by atoms with Gasteiger partial charge in [0, 0.05) is 5.56 Å². The van der Waals surface area contributed by atoms with Gasteiger partial charge in [-0.15, -0.1) is 0 Å². The molecule has 2 N–H and O–H groups in total. The molecule has 2 aromatic heterocycles. The van der Waals surface area contributed by atoms with E-state index in [1.54, 1.807) is 11.0 Å². The minimum Gasteiger partial charge on any atom is -0.330 e. The molecule has 0 aliphatic rings. The molecule has 0 aliphatic heterocycles. The molecule has 0 unspecified atom stereocenters. The number of nitrogens with two attached hydrogens (primary N) is 1. The lowest BCUT2D eigenvalue weighted by molar-refractivity contribution is 0.754. The van der Waals surface area contributed by atoms with Crippen molar-refractivity contribution in [2.75, 3.05) is 6.54 Å². The molecule has 6 heteroatoms. The van der Waals surface area contributed by atoms with Gasteiger partial charge in [-0.05, 0) is 32.0 Å². The summed E-state index contributed by atoms with van der Waals surface area (Å²) in [5, 5.41) is 8.86. The Kier molecular flexibility index (Phi) is 3.30. The van der Waals surface area contributed by atoms with Crippen LogP contribution in [0.4, 0.5) is 0 Å². The second-order valence-electron chi connectivity index (χ2n) is 4.51. The van der Waals surface area contributed by atoms with Crippen molar-refractivity contribution in [1.29, 1.82) is 0 Å². The lowest BCUT2D eigenvalue weighted by Gasteiger charge is -2.08. The second kappa shape index (κ2) is 5.26. The van der Waals surface area contributed by atoms with Crippen LogP contribution in [0.3, 0.4) is 0 Å². The predicted molar refractivity (Wildman–Crippen MR) is 76.0 cm³/mol. The van der Waals surface area contributed by atoms with Crippen molar-refractivity contribution in [3.8, 4) is 11.5 Å². The van der Waals surface area contributed by atoms with E-state index < -0.39 is 0 Å². The first-order valence-electron chi connectivity index (χ1n) is 6.50. The highest BCUT2D eigenvalue weighted by Gasteiger charge is 2.17. The number of aryl methyl sites for hydroxylation is 1. The van der Waals surface area contributed by atoms with E-state index in [4.69, 9.17) is 5.73 Å². The van der Waals surface area contributed by atoms with Crippen molar-refractivity contribution in [3.63, 3.8) is 0 Å². The molecule has 0 aliphatic carbocycles.